The molecule has 0 bridgehead atoms. The van der Waals surface area contributed by atoms with Gasteiger partial charge in [-0.25, -0.2) is 0 Å². The fraction of sp³-hybridized carbons (Fsp3) is 0.600. The van der Waals surface area contributed by atoms with Crippen molar-refractivity contribution >= 4 is 5.69 Å². The van der Waals surface area contributed by atoms with Gasteiger partial charge in [-0.1, -0.05) is 6.07 Å². The maximum atomic E-state index is 3.67. The zero-order valence-corrected chi connectivity index (χ0v) is 10.9. The van der Waals surface area contributed by atoms with E-state index in [1.54, 1.807) is 0 Å². The van der Waals surface area contributed by atoms with Gasteiger partial charge in [0.15, 0.2) is 0 Å². The van der Waals surface area contributed by atoms with Crippen LogP contribution in [0.1, 0.15) is 30.4 Å². The molecule has 0 amide bonds. The van der Waals surface area contributed by atoms with Gasteiger partial charge in [0.2, 0.25) is 0 Å². The maximum absolute atomic E-state index is 3.67. The Morgan fingerprint density at radius 3 is 2.65 bits per heavy atom. The third-order valence-corrected chi connectivity index (χ3v) is 4.18. The van der Waals surface area contributed by atoms with E-state index < -0.39 is 0 Å². The van der Waals surface area contributed by atoms with Crippen LogP contribution in [0.15, 0.2) is 18.2 Å². The van der Waals surface area contributed by atoms with Gasteiger partial charge >= 0.3 is 0 Å². The summed E-state index contributed by atoms with van der Waals surface area (Å²) in [5.41, 5.74) is 4.20. The molecular weight excluding hydrogens is 208 g/mol. The van der Waals surface area contributed by atoms with E-state index in [0.29, 0.717) is 0 Å². The number of nitrogens with zero attached hydrogens (tertiary/aromatic N) is 1. The highest BCUT2D eigenvalue weighted by atomic mass is 15.2. The molecule has 17 heavy (non-hydrogen) atoms. The molecule has 0 spiro atoms. The van der Waals surface area contributed by atoms with Gasteiger partial charge in [0.1, 0.15) is 0 Å². The van der Waals surface area contributed by atoms with Crippen LogP contribution in [0.4, 0.5) is 5.69 Å². The largest absolute Gasteiger partial charge is 0.366 e. The van der Waals surface area contributed by atoms with Crippen molar-refractivity contribution < 1.29 is 0 Å². The Labute approximate surface area is 104 Å². The van der Waals surface area contributed by atoms with Crippen LogP contribution in [0.3, 0.4) is 0 Å². The molecule has 1 saturated heterocycles. The molecule has 3 rings (SSSR count). The molecule has 2 atom stereocenters. The second-order valence-corrected chi connectivity index (χ2v) is 5.60. The van der Waals surface area contributed by atoms with E-state index in [2.05, 4.69) is 42.3 Å². The minimum absolute atomic E-state index is 0.726. The first-order chi connectivity index (χ1) is 8.24. The Bertz CT molecular complexity index is 393. The highest BCUT2D eigenvalue weighted by Crippen LogP contribution is 2.31. The van der Waals surface area contributed by atoms with Crippen LogP contribution in [-0.2, 0) is 0 Å². The number of rotatable bonds is 1. The number of hydrogen-bond donors (Lipinski definition) is 1. The Morgan fingerprint density at radius 2 is 1.88 bits per heavy atom. The lowest BCUT2D eigenvalue weighted by Crippen LogP contribution is -2.55. The van der Waals surface area contributed by atoms with E-state index in [9.17, 15) is 0 Å². The molecule has 1 heterocycles. The second kappa shape index (κ2) is 4.34. The van der Waals surface area contributed by atoms with Crippen molar-refractivity contribution in [3.8, 4) is 0 Å². The predicted octanol–water partition coefficient (Wildman–Crippen LogP) is 2.63. The summed E-state index contributed by atoms with van der Waals surface area (Å²) in [5, 5.41) is 3.67. The first-order valence-corrected chi connectivity index (χ1v) is 6.82. The standard InChI is InChI=1S/C15H22N2/c1-11-8-12(2)10-13(9-11)17-7-6-16-14-4-3-5-15(14)17/h8-10,14-16H,3-7H2,1-2H3/t14-,15+/m1/s1. The quantitative estimate of drug-likeness (QED) is 0.798. The number of nitrogens with one attached hydrogen (secondary N) is 1. The van der Waals surface area contributed by atoms with Gasteiger partial charge in [0.05, 0.1) is 0 Å². The maximum Gasteiger partial charge on any atom is 0.0443 e. The van der Waals surface area contributed by atoms with E-state index in [1.807, 2.05) is 0 Å². The van der Waals surface area contributed by atoms with Crippen molar-refractivity contribution in [3.63, 3.8) is 0 Å². The van der Waals surface area contributed by atoms with E-state index in [0.717, 1.165) is 25.2 Å². The van der Waals surface area contributed by atoms with Crippen molar-refractivity contribution in [1.29, 1.82) is 0 Å². The smallest absolute Gasteiger partial charge is 0.0443 e. The topological polar surface area (TPSA) is 15.3 Å². The zero-order chi connectivity index (χ0) is 11.8. The first kappa shape index (κ1) is 11.1. The number of fused-ring (bicyclic) bond motifs is 1. The van der Waals surface area contributed by atoms with Crippen LogP contribution < -0.4 is 10.2 Å². The van der Waals surface area contributed by atoms with Crippen molar-refractivity contribution in [2.45, 2.75) is 45.2 Å². The fourth-order valence-corrected chi connectivity index (χ4v) is 3.52. The lowest BCUT2D eigenvalue weighted by molar-refractivity contribution is 0.404. The lowest BCUT2D eigenvalue weighted by atomic mass is 10.0. The summed E-state index contributed by atoms with van der Waals surface area (Å²) in [6.45, 7) is 6.69. The molecule has 1 N–H and O–H groups in total. The van der Waals surface area contributed by atoms with E-state index in [-0.39, 0.29) is 0 Å². The van der Waals surface area contributed by atoms with Gasteiger partial charge in [0, 0.05) is 30.9 Å². The summed E-state index contributed by atoms with van der Waals surface area (Å²) >= 11 is 0. The Kier molecular flexibility index (Phi) is 2.83. The average Bonchev–Trinajstić information content (AvgIpc) is 2.75. The molecule has 0 unspecified atom stereocenters. The minimum atomic E-state index is 0.726. The molecular formula is C15H22N2. The summed E-state index contributed by atoms with van der Waals surface area (Å²) in [4.78, 5) is 2.63. The van der Waals surface area contributed by atoms with Gasteiger partial charge in [-0.05, 0) is 56.4 Å². The van der Waals surface area contributed by atoms with E-state index in [1.165, 1.54) is 36.1 Å². The summed E-state index contributed by atoms with van der Waals surface area (Å²) in [6, 6.07) is 8.40. The molecule has 92 valence electrons. The Hall–Kier alpha value is -1.02. The highest BCUT2D eigenvalue weighted by molar-refractivity contribution is 5.52. The molecule has 2 nitrogen and oxygen atoms in total. The number of aryl methyl sites for hydroxylation is 2. The molecule has 0 aromatic heterocycles. The van der Waals surface area contributed by atoms with Crippen LogP contribution in [0.2, 0.25) is 0 Å². The van der Waals surface area contributed by atoms with E-state index >= 15 is 0 Å². The molecule has 2 heteroatoms. The zero-order valence-electron chi connectivity index (χ0n) is 10.9. The summed E-state index contributed by atoms with van der Waals surface area (Å²) in [7, 11) is 0. The molecule has 2 aliphatic rings. The summed E-state index contributed by atoms with van der Waals surface area (Å²) in [6.07, 6.45) is 4.08. The molecule has 1 aliphatic carbocycles. The van der Waals surface area contributed by atoms with Gasteiger partial charge in [0.25, 0.3) is 0 Å². The van der Waals surface area contributed by atoms with Crippen LogP contribution in [0.25, 0.3) is 0 Å². The Balaban J connectivity index is 1.91. The third kappa shape index (κ3) is 2.06. The van der Waals surface area contributed by atoms with Crippen molar-refractivity contribution in [3.05, 3.63) is 29.3 Å². The Morgan fingerprint density at radius 1 is 1.12 bits per heavy atom. The third-order valence-electron chi connectivity index (χ3n) is 4.18. The second-order valence-electron chi connectivity index (χ2n) is 5.60. The van der Waals surface area contributed by atoms with E-state index in [4.69, 9.17) is 0 Å². The number of piperazine rings is 1. The lowest BCUT2D eigenvalue weighted by Gasteiger charge is -2.40. The number of anilines is 1. The molecule has 1 aromatic carbocycles. The normalized spacial score (nSPS) is 28.2. The molecule has 1 saturated carbocycles. The predicted molar refractivity (Wildman–Crippen MR) is 72.7 cm³/mol. The average molecular weight is 230 g/mol. The first-order valence-electron chi connectivity index (χ1n) is 6.82. The number of benzene rings is 1. The van der Waals surface area contributed by atoms with Crippen LogP contribution in [0, 0.1) is 13.8 Å². The van der Waals surface area contributed by atoms with Crippen molar-refractivity contribution in [2.24, 2.45) is 0 Å². The summed E-state index contributed by atoms with van der Waals surface area (Å²) in [5.74, 6) is 0. The van der Waals surface area contributed by atoms with Crippen LogP contribution in [0.5, 0.6) is 0 Å². The molecule has 2 fully saturated rings. The summed E-state index contributed by atoms with van der Waals surface area (Å²) < 4.78 is 0. The highest BCUT2D eigenvalue weighted by Gasteiger charge is 2.34. The van der Waals surface area contributed by atoms with Gasteiger partial charge < -0.3 is 10.2 Å². The molecule has 1 aromatic rings. The number of hydrogen-bond acceptors (Lipinski definition) is 2. The minimum Gasteiger partial charge on any atom is -0.366 e. The van der Waals surface area contributed by atoms with Crippen molar-refractivity contribution in [1.82, 2.24) is 5.32 Å². The molecule has 1 aliphatic heterocycles. The fourth-order valence-electron chi connectivity index (χ4n) is 3.52. The van der Waals surface area contributed by atoms with Gasteiger partial charge in [-0.3, -0.25) is 0 Å². The van der Waals surface area contributed by atoms with Gasteiger partial charge in [-0.15, -0.1) is 0 Å². The van der Waals surface area contributed by atoms with Crippen LogP contribution in [-0.4, -0.2) is 25.2 Å². The van der Waals surface area contributed by atoms with Crippen molar-refractivity contribution in [2.75, 3.05) is 18.0 Å². The SMILES string of the molecule is Cc1cc(C)cc(N2CCN[C@@H]3CCC[C@@H]32)c1. The van der Waals surface area contributed by atoms with Gasteiger partial charge in [-0.2, -0.15) is 0 Å². The molecule has 0 radical (unpaired) electrons. The van der Waals surface area contributed by atoms with Crippen LogP contribution >= 0.6 is 0 Å². The monoisotopic (exact) mass is 230 g/mol.